The molecule has 1 N–H and O–H groups in total. The Morgan fingerprint density at radius 1 is 0.522 bits per heavy atom. The fraction of sp³-hybridized carbons (Fsp3) is 1.00. The summed E-state index contributed by atoms with van der Waals surface area (Å²) in [5.74, 6) is 0.896. The highest BCUT2D eigenvalue weighted by Crippen LogP contribution is 2.14. The molecule has 0 saturated heterocycles. The van der Waals surface area contributed by atoms with Gasteiger partial charge in [-0.05, 0) is 25.4 Å². The van der Waals surface area contributed by atoms with Crippen molar-refractivity contribution in [1.29, 1.82) is 0 Å². The van der Waals surface area contributed by atoms with Crippen LogP contribution in [-0.4, -0.2) is 13.1 Å². The van der Waals surface area contributed by atoms with Crippen LogP contribution in [0.5, 0.6) is 0 Å². The van der Waals surface area contributed by atoms with Gasteiger partial charge in [-0.1, -0.05) is 117 Å². The average molecular weight is 326 g/mol. The Balaban J connectivity index is 2.95. The molecule has 0 rings (SSSR count). The Kier molecular flexibility index (Phi) is 20.0. The van der Waals surface area contributed by atoms with Gasteiger partial charge in [0.1, 0.15) is 0 Å². The van der Waals surface area contributed by atoms with Crippen molar-refractivity contribution in [2.75, 3.05) is 13.1 Å². The van der Waals surface area contributed by atoms with Crippen molar-refractivity contribution in [3.05, 3.63) is 0 Å². The molecule has 0 atom stereocenters. The van der Waals surface area contributed by atoms with Crippen LogP contribution in [0.3, 0.4) is 0 Å². The predicted molar refractivity (Wildman–Crippen MR) is 107 cm³/mol. The standard InChI is InChI=1S/C22H47N/c1-4-23-21-19-17-15-13-11-9-7-5-6-8-10-12-14-16-18-20-22(2)3/h22-23H,4-21H2,1-3H3. The van der Waals surface area contributed by atoms with Gasteiger partial charge in [0, 0.05) is 0 Å². The monoisotopic (exact) mass is 325 g/mol. The van der Waals surface area contributed by atoms with Crippen molar-refractivity contribution in [3.8, 4) is 0 Å². The Morgan fingerprint density at radius 3 is 1.22 bits per heavy atom. The zero-order valence-corrected chi connectivity index (χ0v) is 16.8. The van der Waals surface area contributed by atoms with Gasteiger partial charge in [0.25, 0.3) is 0 Å². The SMILES string of the molecule is CCNCCCCCCCCCCCCCCCCCC(C)C. The molecule has 0 aliphatic rings. The van der Waals surface area contributed by atoms with E-state index >= 15 is 0 Å². The van der Waals surface area contributed by atoms with Crippen LogP contribution in [0, 0.1) is 5.92 Å². The molecule has 0 aromatic heterocycles. The van der Waals surface area contributed by atoms with Crippen LogP contribution in [0.25, 0.3) is 0 Å². The maximum Gasteiger partial charge on any atom is -0.00490 e. The fourth-order valence-corrected chi connectivity index (χ4v) is 3.28. The maximum atomic E-state index is 3.40. The van der Waals surface area contributed by atoms with Gasteiger partial charge in [0.05, 0.1) is 0 Å². The smallest absolute Gasteiger partial charge is 0.00490 e. The van der Waals surface area contributed by atoms with E-state index < -0.39 is 0 Å². The second kappa shape index (κ2) is 20.0. The summed E-state index contributed by atoms with van der Waals surface area (Å²) in [4.78, 5) is 0. The van der Waals surface area contributed by atoms with Gasteiger partial charge in [-0.15, -0.1) is 0 Å². The highest BCUT2D eigenvalue weighted by molar-refractivity contribution is 4.51. The molecule has 0 saturated carbocycles. The van der Waals surface area contributed by atoms with E-state index in [1.165, 1.54) is 109 Å². The van der Waals surface area contributed by atoms with Crippen LogP contribution in [0.1, 0.15) is 124 Å². The highest BCUT2D eigenvalue weighted by atomic mass is 14.8. The Labute approximate surface area is 148 Å². The Bertz CT molecular complexity index is 200. The highest BCUT2D eigenvalue weighted by Gasteiger charge is 1.96. The van der Waals surface area contributed by atoms with Gasteiger partial charge < -0.3 is 5.32 Å². The first-order valence-electron chi connectivity index (χ1n) is 11.0. The number of hydrogen-bond donors (Lipinski definition) is 1. The third-order valence-electron chi connectivity index (χ3n) is 4.89. The van der Waals surface area contributed by atoms with E-state index in [4.69, 9.17) is 0 Å². The fourth-order valence-electron chi connectivity index (χ4n) is 3.28. The van der Waals surface area contributed by atoms with Crippen molar-refractivity contribution < 1.29 is 0 Å². The zero-order valence-electron chi connectivity index (χ0n) is 16.8. The van der Waals surface area contributed by atoms with E-state index in [1.54, 1.807) is 0 Å². The van der Waals surface area contributed by atoms with E-state index in [1.807, 2.05) is 0 Å². The van der Waals surface area contributed by atoms with Crippen LogP contribution in [-0.2, 0) is 0 Å². The summed E-state index contributed by atoms with van der Waals surface area (Å²) in [6.07, 6.45) is 23.3. The minimum atomic E-state index is 0.896. The Morgan fingerprint density at radius 2 is 0.870 bits per heavy atom. The lowest BCUT2D eigenvalue weighted by atomic mass is 10.0. The number of unbranched alkanes of at least 4 members (excludes halogenated alkanes) is 14. The molecular formula is C22H47N. The summed E-state index contributed by atoms with van der Waals surface area (Å²) in [6.45, 7) is 9.20. The van der Waals surface area contributed by atoms with Crippen LogP contribution in [0.4, 0.5) is 0 Å². The molecule has 0 aliphatic heterocycles. The van der Waals surface area contributed by atoms with Crippen molar-refractivity contribution in [2.45, 2.75) is 124 Å². The molecule has 0 amide bonds. The van der Waals surface area contributed by atoms with Crippen LogP contribution >= 0.6 is 0 Å². The molecular weight excluding hydrogens is 278 g/mol. The second-order valence-electron chi connectivity index (χ2n) is 7.84. The first kappa shape index (κ1) is 23.0. The van der Waals surface area contributed by atoms with E-state index in [0.29, 0.717) is 0 Å². The largest absolute Gasteiger partial charge is 0.317 e. The Hall–Kier alpha value is -0.0400. The molecule has 0 aromatic rings. The molecule has 0 heterocycles. The summed E-state index contributed by atoms with van der Waals surface area (Å²) >= 11 is 0. The van der Waals surface area contributed by atoms with Crippen LogP contribution < -0.4 is 5.32 Å². The predicted octanol–water partition coefficient (Wildman–Crippen LogP) is 7.49. The quantitative estimate of drug-likeness (QED) is 0.242. The third-order valence-corrected chi connectivity index (χ3v) is 4.89. The van der Waals surface area contributed by atoms with Gasteiger partial charge in [0.2, 0.25) is 0 Å². The minimum absolute atomic E-state index is 0.896. The van der Waals surface area contributed by atoms with Gasteiger partial charge >= 0.3 is 0 Å². The first-order chi connectivity index (χ1) is 11.3. The number of nitrogens with one attached hydrogen (secondary N) is 1. The normalized spacial score (nSPS) is 11.5. The number of rotatable bonds is 19. The molecule has 0 bridgehead atoms. The van der Waals surface area contributed by atoms with Crippen molar-refractivity contribution in [3.63, 3.8) is 0 Å². The van der Waals surface area contributed by atoms with Gasteiger partial charge in [0.15, 0.2) is 0 Å². The molecule has 0 aliphatic carbocycles. The van der Waals surface area contributed by atoms with Gasteiger partial charge in [-0.3, -0.25) is 0 Å². The summed E-state index contributed by atoms with van der Waals surface area (Å²) in [5.41, 5.74) is 0. The molecule has 0 aromatic carbocycles. The van der Waals surface area contributed by atoms with Gasteiger partial charge in [-0.2, -0.15) is 0 Å². The van der Waals surface area contributed by atoms with E-state index in [0.717, 1.165) is 12.5 Å². The van der Waals surface area contributed by atoms with Crippen molar-refractivity contribution in [1.82, 2.24) is 5.32 Å². The molecule has 0 spiro atoms. The molecule has 0 unspecified atom stereocenters. The lowest BCUT2D eigenvalue weighted by Crippen LogP contribution is -2.13. The summed E-state index contributed by atoms with van der Waals surface area (Å²) < 4.78 is 0. The summed E-state index contributed by atoms with van der Waals surface area (Å²) in [6, 6.07) is 0. The van der Waals surface area contributed by atoms with Gasteiger partial charge in [-0.25, -0.2) is 0 Å². The van der Waals surface area contributed by atoms with E-state index in [9.17, 15) is 0 Å². The molecule has 140 valence electrons. The lowest BCUT2D eigenvalue weighted by molar-refractivity contribution is 0.501. The topological polar surface area (TPSA) is 12.0 Å². The summed E-state index contributed by atoms with van der Waals surface area (Å²) in [7, 11) is 0. The minimum Gasteiger partial charge on any atom is -0.317 e. The number of hydrogen-bond acceptors (Lipinski definition) is 1. The van der Waals surface area contributed by atoms with E-state index in [-0.39, 0.29) is 0 Å². The molecule has 0 radical (unpaired) electrons. The summed E-state index contributed by atoms with van der Waals surface area (Å²) in [5, 5.41) is 3.40. The van der Waals surface area contributed by atoms with Crippen LogP contribution in [0.15, 0.2) is 0 Å². The second-order valence-corrected chi connectivity index (χ2v) is 7.84. The third kappa shape index (κ3) is 22.0. The van der Waals surface area contributed by atoms with Crippen molar-refractivity contribution in [2.24, 2.45) is 5.92 Å². The molecule has 1 nitrogen and oxygen atoms in total. The average Bonchev–Trinajstić information content (AvgIpc) is 2.53. The zero-order chi connectivity index (χ0) is 17.0. The van der Waals surface area contributed by atoms with Crippen LogP contribution in [0.2, 0.25) is 0 Å². The van der Waals surface area contributed by atoms with Crippen molar-refractivity contribution >= 4 is 0 Å². The van der Waals surface area contributed by atoms with E-state index in [2.05, 4.69) is 26.1 Å². The first-order valence-corrected chi connectivity index (χ1v) is 11.0. The maximum absolute atomic E-state index is 3.40. The lowest BCUT2D eigenvalue weighted by Gasteiger charge is -2.05. The molecule has 1 heteroatoms. The molecule has 0 fully saturated rings. The molecule has 23 heavy (non-hydrogen) atoms.